The first-order valence-corrected chi connectivity index (χ1v) is 9.35. The Hall–Kier alpha value is -2.92. The van der Waals surface area contributed by atoms with E-state index in [-0.39, 0.29) is 24.3 Å². The maximum absolute atomic E-state index is 12.6. The number of hydrogen-bond acceptors (Lipinski definition) is 7. The summed E-state index contributed by atoms with van der Waals surface area (Å²) in [5, 5.41) is 17.7. The number of benzene rings is 1. The topological polar surface area (TPSA) is 97.5 Å². The van der Waals surface area contributed by atoms with Crippen LogP contribution in [0.5, 0.6) is 5.75 Å². The first-order valence-electron chi connectivity index (χ1n) is 8.47. The normalized spacial score (nSPS) is 12.6. The van der Waals surface area contributed by atoms with Gasteiger partial charge in [0.15, 0.2) is 0 Å². The molecule has 1 aromatic carbocycles. The summed E-state index contributed by atoms with van der Waals surface area (Å²) < 4.78 is 46.8. The van der Waals surface area contributed by atoms with Gasteiger partial charge in [-0.3, -0.25) is 4.79 Å². The van der Waals surface area contributed by atoms with Crippen LogP contribution in [-0.2, 0) is 11.2 Å². The van der Waals surface area contributed by atoms with Gasteiger partial charge in [-0.25, -0.2) is 0 Å². The van der Waals surface area contributed by atoms with E-state index in [2.05, 4.69) is 20.2 Å². The number of rotatable bonds is 8. The Morgan fingerprint density at radius 2 is 2.07 bits per heavy atom. The standard InChI is InChI=1S/C18H16F3N3O4S/c19-18(20,21)27-13-5-2-1-4-11(13)12(10-25)22-15(26)7-8-16-23-17(24-28-16)14-6-3-9-29-14/h1-6,9,12,25H,7-8,10H2,(H,22,26)/t12-/m1/s1. The number of aliphatic hydroxyl groups excluding tert-OH is 1. The lowest BCUT2D eigenvalue weighted by Crippen LogP contribution is -2.31. The molecule has 0 saturated heterocycles. The van der Waals surface area contributed by atoms with E-state index in [1.54, 1.807) is 0 Å². The maximum Gasteiger partial charge on any atom is 0.573 e. The van der Waals surface area contributed by atoms with E-state index < -0.39 is 30.7 Å². The van der Waals surface area contributed by atoms with Gasteiger partial charge >= 0.3 is 6.36 Å². The SMILES string of the molecule is O=C(CCc1nc(-c2cccs2)no1)N[C@H](CO)c1ccccc1OC(F)(F)F. The molecule has 2 N–H and O–H groups in total. The van der Waals surface area contributed by atoms with Crippen LogP contribution in [0, 0.1) is 0 Å². The Morgan fingerprint density at radius 1 is 1.28 bits per heavy atom. The number of amides is 1. The number of carbonyl (C=O) groups is 1. The number of nitrogens with one attached hydrogen (secondary N) is 1. The molecule has 0 bridgehead atoms. The third kappa shape index (κ3) is 5.78. The van der Waals surface area contributed by atoms with Crippen molar-refractivity contribution in [3.63, 3.8) is 0 Å². The van der Waals surface area contributed by atoms with Crippen molar-refractivity contribution in [1.29, 1.82) is 0 Å². The molecule has 0 unspecified atom stereocenters. The summed E-state index contributed by atoms with van der Waals surface area (Å²) in [6.07, 6.45) is -4.80. The highest BCUT2D eigenvalue weighted by atomic mass is 32.1. The van der Waals surface area contributed by atoms with Crippen LogP contribution in [0.15, 0.2) is 46.3 Å². The molecule has 29 heavy (non-hydrogen) atoms. The molecule has 3 aromatic rings. The number of para-hydroxylation sites is 1. The molecule has 2 aromatic heterocycles. The number of aromatic nitrogens is 2. The van der Waals surface area contributed by atoms with E-state index in [0.29, 0.717) is 5.82 Å². The van der Waals surface area contributed by atoms with Crippen molar-refractivity contribution in [2.75, 3.05) is 6.61 Å². The number of aryl methyl sites for hydroxylation is 1. The van der Waals surface area contributed by atoms with Crippen LogP contribution in [0.4, 0.5) is 13.2 Å². The number of alkyl halides is 3. The summed E-state index contributed by atoms with van der Waals surface area (Å²) in [4.78, 5) is 17.2. The molecule has 1 amide bonds. The minimum Gasteiger partial charge on any atom is -0.405 e. The second-order valence-corrected chi connectivity index (χ2v) is 6.83. The number of hydrogen-bond donors (Lipinski definition) is 2. The molecule has 1 atom stereocenters. The molecule has 0 aliphatic carbocycles. The third-order valence-electron chi connectivity index (χ3n) is 3.81. The second kappa shape index (κ2) is 9.05. The molecule has 0 spiro atoms. The monoisotopic (exact) mass is 427 g/mol. The third-order valence-corrected chi connectivity index (χ3v) is 4.68. The van der Waals surface area contributed by atoms with Crippen molar-refractivity contribution in [1.82, 2.24) is 15.5 Å². The Morgan fingerprint density at radius 3 is 2.76 bits per heavy atom. The molecule has 154 valence electrons. The van der Waals surface area contributed by atoms with Crippen LogP contribution in [0.2, 0.25) is 0 Å². The van der Waals surface area contributed by atoms with Gasteiger partial charge in [0.1, 0.15) is 5.75 Å². The van der Waals surface area contributed by atoms with Gasteiger partial charge in [-0.1, -0.05) is 29.4 Å². The molecular formula is C18H16F3N3O4S. The van der Waals surface area contributed by atoms with Gasteiger partial charge in [0.05, 0.1) is 17.5 Å². The minimum absolute atomic E-state index is 0.0125. The number of thiophene rings is 1. The molecular weight excluding hydrogens is 411 g/mol. The lowest BCUT2D eigenvalue weighted by molar-refractivity contribution is -0.275. The molecule has 0 saturated carbocycles. The number of carbonyl (C=O) groups excluding carboxylic acids is 1. The van der Waals surface area contributed by atoms with Gasteiger partial charge in [-0.2, -0.15) is 4.98 Å². The van der Waals surface area contributed by atoms with Gasteiger partial charge in [0.2, 0.25) is 17.6 Å². The lowest BCUT2D eigenvalue weighted by atomic mass is 10.1. The summed E-state index contributed by atoms with van der Waals surface area (Å²) in [5.41, 5.74) is 0.0125. The molecule has 2 heterocycles. The van der Waals surface area contributed by atoms with E-state index in [1.165, 1.54) is 29.5 Å². The summed E-state index contributed by atoms with van der Waals surface area (Å²) in [5.74, 6) is -0.314. The number of aliphatic hydroxyl groups is 1. The van der Waals surface area contributed by atoms with Crippen molar-refractivity contribution >= 4 is 17.2 Å². The highest BCUT2D eigenvalue weighted by Gasteiger charge is 2.33. The molecule has 7 nitrogen and oxygen atoms in total. The maximum atomic E-state index is 12.6. The molecule has 0 aliphatic heterocycles. The van der Waals surface area contributed by atoms with Gasteiger partial charge in [0, 0.05) is 18.4 Å². The van der Waals surface area contributed by atoms with E-state index >= 15 is 0 Å². The van der Waals surface area contributed by atoms with Crippen molar-refractivity contribution in [2.24, 2.45) is 0 Å². The van der Waals surface area contributed by atoms with Crippen molar-refractivity contribution in [2.45, 2.75) is 25.2 Å². The van der Waals surface area contributed by atoms with E-state index in [1.807, 2.05) is 17.5 Å². The summed E-state index contributed by atoms with van der Waals surface area (Å²) in [6.45, 7) is -0.604. The fourth-order valence-electron chi connectivity index (χ4n) is 2.56. The Balaban J connectivity index is 1.61. The molecule has 0 radical (unpaired) electrons. The summed E-state index contributed by atoms with van der Waals surface area (Å²) >= 11 is 1.44. The van der Waals surface area contributed by atoms with Gasteiger partial charge in [-0.15, -0.1) is 24.5 Å². The lowest BCUT2D eigenvalue weighted by Gasteiger charge is -2.20. The first kappa shape index (κ1) is 20.8. The Kier molecular flexibility index (Phi) is 6.49. The fourth-order valence-corrected chi connectivity index (χ4v) is 3.21. The quantitative estimate of drug-likeness (QED) is 0.571. The highest BCUT2D eigenvalue weighted by Crippen LogP contribution is 2.30. The van der Waals surface area contributed by atoms with Gasteiger partial charge in [0.25, 0.3) is 0 Å². The van der Waals surface area contributed by atoms with Gasteiger partial charge < -0.3 is 19.7 Å². The smallest absolute Gasteiger partial charge is 0.405 e. The predicted molar refractivity (Wildman–Crippen MR) is 97.0 cm³/mol. The number of nitrogens with zero attached hydrogens (tertiary/aromatic N) is 2. The highest BCUT2D eigenvalue weighted by molar-refractivity contribution is 7.13. The zero-order chi connectivity index (χ0) is 20.9. The van der Waals surface area contributed by atoms with Crippen molar-refractivity contribution < 1.29 is 32.3 Å². The van der Waals surface area contributed by atoms with E-state index in [0.717, 1.165) is 10.9 Å². The van der Waals surface area contributed by atoms with E-state index in [9.17, 15) is 23.1 Å². The average molecular weight is 427 g/mol. The molecule has 3 rings (SSSR count). The molecule has 0 fully saturated rings. The van der Waals surface area contributed by atoms with Crippen LogP contribution in [0.3, 0.4) is 0 Å². The number of ether oxygens (including phenoxy) is 1. The van der Waals surface area contributed by atoms with Crippen molar-refractivity contribution in [3.05, 3.63) is 53.2 Å². The number of halogens is 3. The van der Waals surface area contributed by atoms with Crippen molar-refractivity contribution in [3.8, 4) is 16.5 Å². The molecule has 11 heteroatoms. The zero-order valence-electron chi connectivity index (χ0n) is 14.8. The van der Waals surface area contributed by atoms with Crippen LogP contribution < -0.4 is 10.1 Å². The first-order chi connectivity index (χ1) is 13.9. The van der Waals surface area contributed by atoms with Crippen LogP contribution in [0.25, 0.3) is 10.7 Å². The minimum atomic E-state index is -4.89. The second-order valence-electron chi connectivity index (χ2n) is 5.88. The van der Waals surface area contributed by atoms with E-state index in [4.69, 9.17) is 4.52 Å². The zero-order valence-corrected chi connectivity index (χ0v) is 15.7. The average Bonchev–Trinajstić information content (AvgIpc) is 3.35. The van der Waals surface area contributed by atoms with Crippen LogP contribution in [-0.4, -0.2) is 34.1 Å². The largest absolute Gasteiger partial charge is 0.573 e. The summed E-state index contributed by atoms with van der Waals surface area (Å²) in [6, 6.07) is 7.91. The Labute approximate surface area is 167 Å². The molecule has 0 aliphatic rings. The Bertz CT molecular complexity index is 944. The predicted octanol–water partition coefficient (Wildman–Crippen LogP) is 3.48. The van der Waals surface area contributed by atoms with Gasteiger partial charge in [-0.05, 0) is 17.5 Å². The summed E-state index contributed by atoms with van der Waals surface area (Å²) in [7, 11) is 0. The fraction of sp³-hybridized carbons (Fsp3) is 0.278. The van der Waals surface area contributed by atoms with Crippen LogP contribution >= 0.6 is 11.3 Å². The van der Waals surface area contributed by atoms with Crippen LogP contribution in [0.1, 0.15) is 23.9 Å².